The standard InChI is InChI=1S/C16H23N7O/c24-16(13-1-2-15-19-20-21-23(15)10-6-13)22-8-4-12(5-9-22)11-14-3-7-17-18-14/h3,7,12-13H,1-2,4-6,8-11H2,(H,17,18). The lowest BCUT2D eigenvalue weighted by Gasteiger charge is -2.34. The number of fused-ring (bicyclic) bond motifs is 1. The number of nitrogens with zero attached hydrogens (tertiary/aromatic N) is 6. The number of H-pyrrole nitrogens is 1. The Kier molecular flexibility index (Phi) is 4.27. The van der Waals surface area contributed by atoms with Gasteiger partial charge in [-0.3, -0.25) is 9.89 Å². The monoisotopic (exact) mass is 329 g/mol. The third-order valence-corrected chi connectivity index (χ3v) is 5.35. The molecular weight excluding hydrogens is 306 g/mol. The van der Waals surface area contributed by atoms with Gasteiger partial charge in [0.05, 0.1) is 0 Å². The summed E-state index contributed by atoms with van der Waals surface area (Å²) < 4.78 is 1.84. The van der Waals surface area contributed by atoms with E-state index in [1.54, 1.807) is 6.20 Å². The molecule has 2 aliphatic rings. The first kappa shape index (κ1) is 15.3. The van der Waals surface area contributed by atoms with Crippen LogP contribution < -0.4 is 0 Å². The maximum Gasteiger partial charge on any atom is 0.225 e. The minimum Gasteiger partial charge on any atom is -0.342 e. The molecule has 1 fully saturated rings. The summed E-state index contributed by atoms with van der Waals surface area (Å²) in [5.74, 6) is 1.96. The zero-order valence-corrected chi connectivity index (χ0v) is 13.8. The molecule has 1 amide bonds. The number of amides is 1. The van der Waals surface area contributed by atoms with E-state index in [1.807, 2.05) is 10.7 Å². The summed E-state index contributed by atoms with van der Waals surface area (Å²) in [6.45, 7) is 2.49. The second-order valence-electron chi connectivity index (χ2n) is 6.90. The van der Waals surface area contributed by atoms with E-state index in [0.717, 1.165) is 64.0 Å². The molecule has 0 radical (unpaired) electrons. The topological polar surface area (TPSA) is 92.6 Å². The van der Waals surface area contributed by atoms with Gasteiger partial charge in [-0.2, -0.15) is 5.10 Å². The Hall–Kier alpha value is -2.25. The fraction of sp³-hybridized carbons (Fsp3) is 0.688. The van der Waals surface area contributed by atoms with Crippen LogP contribution in [0.2, 0.25) is 0 Å². The molecule has 0 spiro atoms. The number of carbonyl (C=O) groups excluding carboxylic acids is 1. The van der Waals surface area contributed by atoms with Crippen molar-refractivity contribution in [3.8, 4) is 0 Å². The summed E-state index contributed by atoms with van der Waals surface area (Å²) in [5.41, 5.74) is 1.19. The van der Waals surface area contributed by atoms with Crippen LogP contribution in [0.15, 0.2) is 12.3 Å². The van der Waals surface area contributed by atoms with Crippen molar-refractivity contribution in [3.05, 3.63) is 23.8 Å². The number of aromatic amines is 1. The Balaban J connectivity index is 1.29. The molecule has 8 heteroatoms. The van der Waals surface area contributed by atoms with Crippen molar-refractivity contribution in [3.63, 3.8) is 0 Å². The van der Waals surface area contributed by atoms with Crippen LogP contribution in [0.1, 0.15) is 37.2 Å². The number of aromatic nitrogens is 6. The van der Waals surface area contributed by atoms with Crippen LogP contribution in [0.4, 0.5) is 0 Å². The van der Waals surface area contributed by atoms with E-state index < -0.39 is 0 Å². The summed E-state index contributed by atoms with van der Waals surface area (Å²) in [6, 6.07) is 2.04. The number of hydrogen-bond acceptors (Lipinski definition) is 5. The first-order valence-corrected chi connectivity index (χ1v) is 8.81. The fourth-order valence-corrected chi connectivity index (χ4v) is 3.87. The zero-order valence-electron chi connectivity index (χ0n) is 13.8. The molecule has 2 aromatic heterocycles. The number of carbonyl (C=O) groups is 1. The van der Waals surface area contributed by atoms with Crippen molar-refractivity contribution < 1.29 is 4.79 Å². The van der Waals surface area contributed by atoms with Crippen LogP contribution in [-0.4, -0.2) is 54.3 Å². The zero-order chi connectivity index (χ0) is 16.4. The Morgan fingerprint density at radius 3 is 2.88 bits per heavy atom. The highest BCUT2D eigenvalue weighted by molar-refractivity contribution is 5.79. The molecule has 1 atom stereocenters. The van der Waals surface area contributed by atoms with Gasteiger partial charge in [0.25, 0.3) is 0 Å². The maximum absolute atomic E-state index is 12.8. The van der Waals surface area contributed by atoms with Crippen molar-refractivity contribution in [2.75, 3.05) is 13.1 Å². The quantitative estimate of drug-likeness (QED) is 0.900. The van der Waals surface area contributed by atoms with Gasteiger partial charge in [-0.05, 0) is 54.5 Å². The van der Waals surface area contributed by atoms with Crippen LogP contribution in [0.3, 0.4) is 0 Å². The molecule has 0 bridgehead atoms. The lowest BCUT2D eigenvalue weighted by molar-refractivity contribution is -0.137. The lowest BCUT2D eigenvalue weighted by atomic mass is 9.90. The Labute approximate surface area is 140 Å². The molecule has 128 valence electrons. The average Bonchev–Trinajstić information content (AvgIpc) is 3.24. The van der Waals surface area contributed by atoms with E-state index >= 15 is 0 Å². The van der Waals surface area contributed by atoms with Gasteiger partial charge in [-0.1, -0.05) is 0 Å². The van der Waals surface area contributed by atoms with Crippen molar-refractivity contribution >= 4 is 5.91 Å². The van der Waals surface area contributed by atoms with E-state index in [1.165, 1.54) is 5.69 Å². The fourth-order valence-electron chi connectivity index (χ4n) is 3.87. The van der Waals surface area contributed by atoms with Gasteiger partial charge in [0.1, 0.15) is 0 Å². The molecule has 24 heavy (non-hydrogen) atoms. The SMILES string of the molecule is O=C(C1CCc2nnnn2CC1)N1CCC(Cc2ccn[nH]2)CC1. The molecule has 1 unspecified atom stereocenters. The molecule has 0 aliphatic carbocycles. The number of hydrogen-bond donors (Lipinski definition) is 1. The molecule has 0 saturated carbocycles. The minimum absolute atomic E-state index is 0.0951. The first-order chi connectivity index (χ1) is 11.8. The largest absolute Gasteiger partial charge is 0.342 e. The van der Waals surface area contributed by atoms with Gasteiger partial charge in [-0.25, -0.2) is 4.68 Å². The predicted octanol–water partition coefficient (Wildman–Crippen LogP) is 0.830. The van der Waals surface area contributed by atoms with Crippen molar-refractivity contribution in [1.82, 2.24) is 35.3 Å². The molecule has 1 saturated heterocycles. The molecule has 4 heterocycles. The molecule has 1 N–H and O–H groups in total. The summed E-state index contributed by atoms with van der Waals surface area (Å²) in [5, 5.41) is 18.8. The highest BCUT2D eigenvalue weighted by Crippen LogP contribution is 2.25. The number of aryl methyl sites for hydroxylation is 2. The average molecular weight is 329 g/mol. The third kappa shape index (κ3) is 3.18. The second kappa shape index (κ2) is 6.70. The number of likely N-dealkylation sites (tertiary alicyclic amines) is 1. The van der Waals surface area contributed by atoms with Crippen molar-refractivity contribution in [2.45, 2.75) is 45.1 Å². The van der Waals surface area contributed by atoms with Crippen LogP contribution in [0, 0.1) is 11.8 Å². The minimum atomic E-state index is 0.0951. The number of tetrazole rings is 1. The van der Waals surface area contributed by atoms with Gasteiger partial charge in [0.2, 0.25) is 5.91 Å². The van der Waals surface area contributed by atoms with E-state index in [9.17, 15) is 4.79 Å². The van der Waals surface area contributed by atoms with Crippen LogP contribution >= 0.6 is 0 Å². The van der Waals surface area contributed by atoms with Gasteiger partial charge < -0.3 is 4.90 Å². The van der Waals surface area contributed by atoms with Crippen LogP contribution in [0.25, 0.3) is 0 Å². The predicted molar refractivity (Wildman–Crippen MR) is 85.8 cm³/mol. The molecule has 8 nitrogen and oxygen atoms in total. The van der Waals surface area contributed by atoms with E-state index in [-0.39, 0.29) is 5.92 Å². The summed E-state index contributed by atoms with van der Waals surface area (Å²) >= 11 is 0. The van der Waals surface area contributed by atoms with E-state index in [0.29, 0.717) is 11.8 Å². The Morgan fingerprint density at radius 2 is 2.08 bits per heavy atom. The highest BCUT2D eigenvalue weighted by atomic mass is 16.2. The molecule has 2 aliphatic heterocycles. The molecule has 0 aromatic carbocycles. The molecule has 2 aromatic rings. The van der Waals surface area contributed by atoms with Crippen LogP contribution in [0.5, 0.6) is 0 Å². The Bertz CT molecular complexity index is 650. The van der Waals surface area contributed by atoms with E-state index in [2.05, 4.69) is 30.6 Å². The van der Waals surface area contributed by atoms with Gasteiger partial charge >= 0.3 is 0 Å². The number of rotatable bonds is 3. The van der Waals surface area contributed by atoms with Crippen molar-refractivity contribution in [2.24, 2.45) is 11.8 Å². The number of piperidine rings is 1. The van der Waals surface area contributed by atoms with Gasteiger partial charge in [0.15, 0.2) is 5.82 Å². The normalized spacial score (nSPS) is 22.2. The smallest absolute Gasteiger partial charge is 0.225 e. The summed E-state index contributed by atoms with van der Waals surface area (Å²) in [6.07, 6.45) is 7.47. The molecular formula is C16H23N7O. The Morgan fingerprint density at radius 1 is 1.21 bits per heavy atom. The van der Waals surface area contributed by atoms with E-state index in [4.69, 9.17) is 0 Å². The van der Waals surface area contributed by atoms with Gasteiger partial charge in [0, 0.05) is 43.9 Å². The van der Waals surface area contributed by atoms with Crippen molar-refractivity contribution in [1.29, 1.82) is 0 Å². The summed E-state index contributed by atoms with van der Waals surface area (Å²) in [7, 11) is 0. The first-order valence-electron chi connectivity index (χ1n) is 8.81. The number of nitrogens with one attached hydrogen (secondary N) is 1. The third-order valence-electron chi connectivity index (χ3n) is 5.35. The second-order valence-corrected chi connectivity index (χ2v) is 6.90. The van der Waals surface area contributed by atoms with Crippen LogP contribution in [-0.2, 0) is 24.2 Å². The maximum atomic E-state index is 12.8. The van der Waals surface area contributed by atoms with Gasteiger partial charge in [-0.15, -0.1) is 5.10 Å². The molecule has 4 rings (SSSR count). The highest BCUT2D eigenvalue weighted by Gasteiger charge is 2.30. The lowest BCUT2D eigenvalue weighted by Crippen LogP contribution is -2.42. The summed E-state index contributed by atoms with van der Waals surface area (Å²) in [4.78, 5) is 14.9.